The number of carbonyl (C=O) groups is 1. The Kier molecular flexibility index (Phi) is 4.09. The molecular formula is C14H18N2OS. The molecule has 1 aromatic carbocycles. The first-order chi connectivity index (χ1) is 8.65. The third kappa shape index (κ3) is 2.76. The van der Waals surface area contributed by atoms with Crippen LogP contribution >= 0.6 is 11.8 Å². The summed E-state index contributed by atoms with van der Waals surface area (Å²) in [7, 11) is 0. The summed E-state index contributed by atoms with van der Waals surface area (Å²) in [5, 5.41) is 2.94. The molecular weight excluding hydrogens is 244 g/mol. The van der Waals surface area contributed by atoms with Gasteiger partial charge < -0.3 is 11.1 Å². The van der Waals surface area contributed by atoms with Crippen molar-refractivity contribution < 1.29 is 4.79 Å². The van der Waals surface area contributed by atoms with Crippen LogP contribution in [0, 0.1) is 0 Å². The summed E-state index contributed by atoms with van der Waals surface area (Å²) >= 11 is 1.65. The van der Waals surface area contributed by atoms with Crippen LogP contribution in [0.15, 0.2) is 41.8 Å². The minimum absolute atomic E-state index is 0.0691. The molecule has 0 spiro atoms. The normalized spacial score (nSPS) is 16.7. The second kappa shape index (κ2) is 5.59. The Morgan fingerprint density at radius 2 is 2.22 bits per heavy atom. The van der Waals surface area contributed by atoms with E-state index in [0.29, 0.717) is 0 Å². The molecule has 1 aliphatic rings. The molecule has 18 heavy (non-hydrogen) atoms. The summed E-state index contributed by atoms with van der Waals surface area (Å²) in [4.78, 5) is 13.1. The third-order valence-electron chi connectivity index (χ3n) is 3.19. The zero-order chi connectivity index (χ0) is 13.0. The molecule has 0 atom stereocenters. The summed E-state index contributed by atoms with van der Waals surface area (Å²) in [6.45, 7) is 3.70. The van der Waals surface area contributed by atoms with Crippen molar-refractivity contribution >= 4 is 23.4 Å². The van der Waals surface area contributed by atoms with Gasteiger partial charge in [-0.05, 0) is 31.4 Å². The molecule has 1 fully saturated rings. The van der Waals surface area contributed by atoms with Gasteiger partial charge in [0.15, 0.2) is 0 Å². The molecule has 0 bridgehead atoms. The van der Waals surface area contributed by atoms with E-state index in [2.05, 4.69) is 11.9 Å². The average Bonchev–Trinajstić information content (AvgIpc) is 2.34. The molecule has 1 aliphatic carbocycles. The lowest BCUT2D eigenvalue weighted by atomic mass is 9.77. The lowest BCUT2D eigenvalue weighted by Gasteiger charge is -2.36. The average molecular weight is 262 g/mol. The number of hydrogen-bond donors (Lipinski definition) is 2. The summed E-state index contributed by atoms with van der Waals surface area (Å²) < 4.78 is 0. The largest absolute Gasteiger partial charge is 0.323 e. The molecule has 0 heterocycles. The smallest absolute Gasteiger partial charge is 0.244 e. The zero-order valence-corrected chi connectivity index (χ0v) is 11.1. The molecule has 0 aromatic heterocycles. The third-order valence-corrected chi connectivity index (χ3v) is 4.26. The summed E-state index contributed by atoms with van der Waals surface area (Å²) in [5.74, 6) is 0.751. The molecule has 1 amide bonds. The van der Waals surface area contributed by atoms with Crippen LogP contribution in [0.1, 0.15) is 19.3 Å². The van der Waals surface area contributed by atoms with Gasteiger partial charge in [-0.3, -0.25) is 4.79 Å². The molecule has 0 unspecified atom stereocenters. The van der Waals surface area contributed by atoms with Crippen molar-refractivity contribution in [3.05, 3.63) is 36.9 Å². The van der Waals surface area contributed by atoms with Crippen molar-refractivity contribution in [1.29, 1.82) is 0 Å². The summed E-state index contributed by atoms with van der Waals surface area (Å²) in [6.07, 6.45) is 4.44. The second-order valence-electron chi connectivity index (χ2n) is 4.56. The molecule has 3 N–H and O–H groups in total. The maximum atomic E-state index is 12.1. The van der Waals surface area contributed by atoms with E-state index < -0.39 is 5.54 Å². The maximum Gasteiger partial charge on any atom is 0.244 e. The highest BCUT2D eigenvalue weighted by molar-refractivity contribution is 7.99. The molecule has 96 valence electrons. The van der Waals surface area contributed by atoms with Gasteiger partial charge in [-0.2, -0.15) is 0 Å². The van der Waals surface area contributed by atoms with Crippen LogP contribution in [-0.2, 0) is 4.79 Å². The number of thioether (sulfide) groups is 1. The van der Waals surface area contributed by atoms with Crippen molar-refractivity contribution in [2.75, 3.05) is 11.1 Å². The fourth-order valence-corrected chi connectivity index (χ4v) is 2.62. The van der Waals surface area contributed by atoms with Gasteiger partial charge in [-0.1, -0.05) is 18.2 Å². The first-order valence-corrected chi connectivity index (χ1v) is 7.07. The molecule has 2 rings (SSSR count). The van der Waals surface area contributed by atoms with E-state index in [1.165, 1.54) is 0 Å². The van der Waals surface area contributed by atoms with Gasteiger partial charge in [0.05, 0.1) is 11.2 Å². The molecule has 4 heteroatoms. The molecule has 1 saturated carbocycles. The highest BCUT2D eigenvalue weighted by atomic mass is 32.2. The van der Waals surface area contributed by atoms with E-state index in [1.54, 1.807) is 11.8 Å². The van der Waals surface area contributed by atoms with Crippen LogP contribution in [0.3, 0.4) is 0 Å². The number of nitrogens with one attached hydrogen (secondary N) is 1. The monoisotopic (exact) mass is 262 g/mol. The quantitative estimate of drug-likeness (QED) is 0.633. The second-order valence-corrected chi connectivity index (χ2v) is 5.62. The number of hydrogen-bond acceptors (Lipinski definition) is 3. The fourth-order valence-electron chi connectivity index (χ4n) is 1.88. The zero-order valence-electron chi connectivity index (χ0n) is 10.3. The molecule has 1 aromatic rings. The lowest BCUT2D eigenvalue weighted by Crippen LogP contribution is -2.56. The van der Waals surface area contributed by atoms with Gasteiger partial charge in [0, 0.05) is 10.6 Å². The van der Waals surface area contributed by atoms with Gasteiger partial charge in [0.2, 0.25) is 5.91 Å². The lowest BCUT2D eigenvalue weighted by molar-refractivity contribution is -0.123. The van der Waals surface area contributed by atoms with Crippen molar-refractivity contribution in [3.63, 3.8) is 0 Å². The van der Waals surface area contributed by atoms with Gasteiger partial charge in [-0.25, -0.2) is 0 Å². The van der Waals surface area contributed by atoms with Crippen molar-refractivity contribution in [2.45, 2.75) is 29.7 Å². The number of para-hydroxylation sites is 1. The Bertz CT molecular complexity index is 455. The SMILES string of the molecule is C=CCSc1ccccc1NC(=O)C1(N)CCC1. The maximum absolute atomic E-state index is 12.1. The van der Waals surface area contributed by atoms with E-state index in [0.717, 1.165) is 35.6 Å². The van der Waals surface area contributed by atoms with Gasteiger partial charge in [-0.15, -0.1) is 18.3 Å². The van der Waals surface area contributed by atoms with Crippen LogP contribution in [0.2, 0.25) is 0 Å². The number of anilines is 1. The predicted octanol–water partition coefficient (Wildman–Crippen LogP) is 2.78. The topological polar surface area (TPSA) is 55.1 Å². The predicted molar refractivity (Wildman–Crippen MR) is 76.8 cm³/mol. The van der Waals surface area contributed by atoms with Crippen LogP contribution in [-0.4, -0.2) is 17.2 Å². The number of amides is 1. The number of nitrogens with two attached hydrogens (primary N) is 1. The Labute approximate surface area is 112 Å². The van der Waals surface area contributed by atoms with E-state index in [4.69, 9.17) is 5.73 Å². The Morgan fingerprint density at radius 1 is 1.50 bits per heavy atom. The highest BCUT2D eigenvalue weighted by Crippen LogP contribution is 2.32. The summed E-state index contributed by atoms with van der Waals surface area (Å²) in [5.41, 5.74) is 6.19. The van der Waals surface area contributed by atoms with Gasteiger partial charge >= 0.3 is 0 Å². The van der Waals surface area contributed by atoms with E-state index >= 15 is 0 Å². The molecule has 0 saturated heterocycles. The summed E-state index contributed by atoms with van der Waals surface area (Å²) in [6, 6.07) is 7.78. The molecule has 3 nitrogen and oxygen atoms in total. The molecule has 0 radical (unpaired) electrons. The van der Waals surface area contributed by atoms with Gasteiger partial charge in [0.1, 0.15) is 0 Å². The Morgan fingerprint density at radius 3 is 2.83 bits per heavy atom. The van der Waals surface area contributed by atoms with Crippen LogP contribution in [0.25, 0.3) is 0 Å². The standard InChI is InChI=1S/C14H18N2OS/c1-2-10-18-12-7-4-3-6-11(12)16-13(17)14(15)8-5-9-14/h2-4,6-7H,1,5,8-10,15H2,(H,16,17). The fraction of sp³-hybridized carbons (Fsp3) is 0.357. The van der Waals surface area contributed by atoms with Crippen LogP contribution in [0.5, 0.6) is 0 Å². The van der Waals surface area contributed by atoms with Crippen molar-refractivity contribution in [2.24, 2.45) is 5.73 Å². The number of rotatable bonds is 5. The van der Waals surface area contributed by atoms with E-state index in [1.807, 2.05) is 30.3 Å². The minimum Gasteiger partial charge on any atom is -0.323 e. The minimum atomic E-state index is -0.657. The Hall–Kier alpha value is -1.26. The Balaban J connectivity index is 2.08. The number of benzene rings is 1. The first-order valence-electron chi connectivity index (χ1n) is 6.09. The van der Waals surface area contributed by atoms with Crippen molar-refractivity contribution in [1.82, 2.24) is 0 Å². The molecule has 0 aliphatic heterocycles. The van der Waals surface area contributed by atoms with Crippen LogP contribution in [0.4, 0.5) is 5.69 Å². The van der Waals surface area contributed by atoms with E-state index in [-0.39, 0.29) is 5.91 Å². The first kappa shape index (κ1) is 13.2. The van der Waals surface area contributed by atoms with E-state index in [9.17, 15) is 4.79 Å². The van der Waals surface area contributed by atoms with Crippen molar-refractivity contribution in [3.8, 4) is 0 Å². The van der Waals surface area contributed by atoms with Gasteiger partial charge in [0.25, 0.3) is 0 Å². The highest BCUT2D eigenvalue weighted by Gasteiger charge is 2.40. The number of carbonyl (C=O) groups excluding carboxylic acids is 1. The van der Waals surface area contributed by atoms with Crippen LogP contribution < -0.4 is 11.1 Å².